The van der Waals surface area contributed by atoms with Gasteiger partial charge in [0.15, 0.2) is 0 Å². The molecule has 0 radical (unpaired) electrons. The predicted octanol–water partition coefficient (Wildman–Crippen LogP) is 1.81. The second-order valence-electron chi connectivity index (χ2n) is 5.16. The largest absolute Gasteiger partial charge is 0.463 e. The minimum absolute atomic E-state index is 0.0170. The van der Waals surface area contributed by atoms with E-state index < -0.39 is 18.0 Å². The fraction of sp³-hybridized carbons (Fsp3) is 0.667. The number of ether oxygens (including phenoxy) is 3. The second kappa shape index (κ2) is 10.6. The van der Waals surface area contributed by atoms with Crippen molar-refractivity contribution >= 4 is 18.0 Å². The van der Waals surface area contributed by atoms with Gasteiger partial charge in [0, 0.05) is 12.2 Å². The third-order valence-electron chi connectivity index (χ3n) is 2.50. The molecule has 1 amide bonds. The summed E-state index contributed by atoms with van der Waals surface area (Å²) in [5, 5.41) is 2.63. The number of hydrogen-bond acceptors (Lipinski definition) is 6. The average Bonchev–Trinajstić information content (AvgIpc) is 2.40. The number of carbonyl (C=O) groups excluding carboxylic acids is 3. The molecule has 0 aliphatic carbocycles. The molecule has 1 atom stereocenters. The first kappa shape index (κ1) is 19.9. The zero-order valence-electron chi connectivity index (χ0n) is 13.8. The molecule has 7 heteroatoms. The molecule has 0 aromatic rings. The lowest BCUT2D eigenvalue weighted by Crippen LogP contribution is -2.43. The fourth-order valence-electron chi connectivity index (χ4n) is 1.35. The van der Waals surface area contributed by atoms with Gasteiger partial charge in [-0.2, -0.15) is 0 Å². The summed E-state index contributed by atoms with van der Waals surface area (Å²) < 4.78 is 14.6. The highest BCUT2D eigenvalue weighted by Gasteiger charge is 2.19. The standard InChI is InChI=1S/C15H25NO6/c1-6-20-13(17)7-8-14(18)21-9-12(10(2)3)16-15(19)22-11(4)5/h7-8,10-12H,6,9H2,1-5H3,(H,16,19)/b8-7+/t12-/m1/s1. The van der Waals surface area contributed by atoms with Crippen LogP contribution in [-0.4, -0.2) is 43.4 Å². The SMILES string of the molecule is CCOC(=O)/C=C/C(=O)OC[C@@H](NC(=O)OC(C)C)C(C)C. The summed E-state index contributed by atoms with van der Waals surface area (Å²) in [4.78, 5) is 34.1. The number of rotatable bonds is 8. The first-order valence-electron chi connectivity index (χ1n) is 7.25. The molecule has 22 heavy (non-hydrogen) atoms. The van der Waals surface area contributed by atoms with E-state index in [4.69, 9.17) is 9.47 Å². The number of amides is 1. The maximum atomic E-state index is 11.6. The summed E-state index contributed by atoms with van der Waals surface area (Å²) in [6, 6.07) is -0.383. The highest BCUT2D eigenvalue weighted by molar-refractivity contribution is 5.91. The normalized spacial score (nSPS) is 12.3. The van der Waals surface area contributed by atoms with E-state index in [0.717, 1.165) is 12.2 Å². The minimum atomic E-state index is -0.683. The van der Waals surface area contributed by atoms with Crippen LogP contribution in [0, 0.1) is 5.92 Å². The van der Waals surface area contributed by atoms with Crippen LogP contribution < -0.4 is 5.32 Å². The molecule has 0 saturated heterocycles. The van der Waals surface area contributed by atoms with Crippen molar-refractivity contribution < 1.29 is 28.6 Å². The number of nitrogens with one attached hydrogen (secondary N) is 1. The molecular weight excluding hydrogens is 290 g/mol. The van der Waals surface area contributed by atoms with E-state index in [1.807, 2.05) is 13.8 Å². The van der Waals surface area contributed by atoms with E-state index in [1.165, 1.54) is 0 Å². The van der Waals surface area contributed by atoms with Crippen molar-refractivity contribution in [3.63, 3.8) is 0 Å². The molecule has 0 aliphatic rings. The van der Waals surface area contributed by atoms with Gasteiger partial charge in [0.1, 0.15) is 6.61 Å². The molecule has 0 aromatic heterocycles. The molecule has 0 unspecified atom stereocenters. The van der Waals surface area contributed by atoms with Gasteiger partial charge >= 0.3 is 18.0 Å². The number of carbonyl (C=O) groups is 3. The Balaban J connectivity index is 4.32. The Bertz CT molecular complexity index is 403. The van der Waals surface area contributed by atoms with Gasteiger partial charge in [-0.3, -0.25) is 0 Å². The molecule has 0 heterocycles. The van der Waals surface area contributed by atoms with Crippen LogP contribution in [0.2, 0.25) is 0 Å². The van der Waals surface area contributed by atoms with Gasteiger partial charge in [0.2, 0.25) is 0 Å². The Kier molecular flexibility index (Phi) is 9.65. The van der Waals surface area contributed by atoms with Crippen molar-refractivity contribution in [1.29, 1.82) is 0 Å². The molecule has 0 spiro atoms. The van der Waals surface area contributed by atoms with Gasteiger partial charge in [0.05, 0.1) is 18.8 Å². The van der Waals surface area contributed by atoms with E-state index in [9.17, 15) is 14.4 Å². The Morgan fingerprint density at radius 3 is 2.00 bits per heavy atom. The van der Waals surface area contributed by atoms with Crippen molar-refractivity contribution in [3.05, 3.63) is 12.2 Å². The summed E-state index contributed by atoms with van der Waals surface area (Å²) in [5.41, 5.74) is 0. The summed E-state index contributed by atoms with van der Waals surface area (Å²) in [7, 11) is 0. The molecule has 0 aliphatic heterocycles. The van der Waals surface area contributed by atoms with Gasteiger partial charge in [-0.25, -0.2) is 14.4 Å². The maximum absolute atomic E-state index is 11.6. The van der Waals surface area contributed by atoms with Gasteiger partial charge in [-0.1, -0.05) is 13.8 Å². The zero-order chi connectivity index (χ0) is 17.1. The quantitative estimate of drug-likeness (QED) is 0.417. The molecule has 1 N–H and O–H groups in total. The van der Waals surface area contributed by atoms with Crippen molar-refractivity contribution in [1.82, 2.24) is 5.32 Å². The average molecular weight is 315 g/mol. The fourth-order valence-corrected chi connectivity index (χ4v) is 1.35. The number of hydrogen-bond donors (Lipinski definition) is 1. The third kappa shape index (κ3) is 9.79. The molecule has 0 fully saturated rings. The molecule has 0 aromatic carbocycles. The van der Waals surface area contributed by atoms with Crippen LogP contribution in [0.5, 0.6) is 0 Å². The van der Waals surface area contributed by atoms with Crippen LogP contribution >= 0.6 is 0 Å². The highest BCUT2D eigenvalue weighted by atomic mass is 16.6. The molecule has 0 bridgehead atoms. The lowest BCUT2D eigenvalue weighted by atomic mass is 10.1. The topological polar surface area (TPSA) is 90.9 Å². The van der Waals surface area contributed by atoms with E-state index in [1.54, 1.807) is 20.8 Å². The van der Waals surface area contributed by atoms with Gasteiger partial charge < -0.3 is 19.5 Å². The monoisotopic (exact) mass is 315 g/mol. The minimum Gasteiger partial charge on any atom is -0.463 e. The molecule has 0 rings (SSSR count). The van der Waals surface area contributed by atoms with Gasteiger partial charge in [-0.05, 0) is 26.7 Å². The Morgan fingerprint density at radius 2 is 1.55 bits per heavy atom. The van der Waals surface area contributed by atoms with Crippen LogP contribution in [0.25, 0.3) is 0 Å². The first-order valence-corrected chi connectivity index (χ1v) is 7.25. The molecule has 7 nitrogen and oxygen atoms in total. The van der Waals surface area contributed by atoms with Gasteiger partial charge in [0.25, 0.3) is 0 Å². The van der Waals surface area contributed by atoms with Crippen LogP contribution in [-0.2, 0) is 23.8 Å². The smallest absolute Gasteiger partial charge is 0.407 e. The van der Waals surface area contributed by atoms with E-state index in [-0.39, 0.29) is 31.3 Å². The van der Waals surface area contributed by atoms with E-state index >= 15 is 0 Å². The Hall–Kier alpha value is -2.05. The summed E-state index contributed by atoms with van der Waals surface area (Å²) in [5.74, 6) is -1.25. The van der Waals surface area contributed by atoms with Crippen LogP contribution in [0.15, 0.2) is 12.2 Å². The molecule has 126 valence electrons. The first-order chi connectivity index (χ1) is 10.3. The van der Waals surface area contributed by atoms with Crippen molar-refractivity contribution in [2.24, 2.45) is 5.92 Å². The second-order valence-corrected chi connectivity index (χ2v) is 5.16. The zero-order valence-corrected chi connectivity index (χ0v) is 13.8. The van der Waals surface area contributed by atoms with Crippen LogP contribution in [0.3, 0.4) is 0 Å². The highest BCUT2D eigenvalue weighted by Crippen LogP contribution is 2.04. The predicted molar refractivity (Wildman–Crippen MR) is 80.1 cm³/mol. The van der Waals surface area contributed by atoms with Crippen molar-refractivity contribution in [3.8, 4) is 0 Å². The van der Waals surface area contributed by atoms with E-state index in [0.29, 0.717) is 0 Å². The number of alkyl carbamates (subject to hydrolysis) is 1. The van der Waals surface area contributed by atoms with Crippen LogP contribution in [0.1, 0.15) is 34.6 Å². The Labute approximate surface area is 131 Å². The molecule has 0 saturated carbocycles. The van der Waals surface area contributed by atoms with Gasteiger partial charge in [-0.15, -0.1) is 0 Å². The van der Waals surface area contributed by atoms with Crippen molar-refractivity contribution in [2.45, 2.75) is 46.8 Å². The lowest BCUT2D eigenvalue weighted by Gasteiger charge is -2.22. The maximum Gasteiger partial charge on any atom is 0.407 e. The summed E-state index contributed by atoms with van der Waals surface area (Å²) in [6.07, 6.45) is 1.19. The third-order valence-corrected chi connectivity index (χ3v) is 2.50. The molecular formula is C15H25NO6. The lowest BCUT2D eigenvalue weighted by molar-refractivity contribution is -0.140. The number of esters is 2. The van der Waals surface area contributed by atoms with Crippen molar-refractivity contribution in [2.75, 3.05) is 13.2 Å². The summed E-state index contributed by atoms with van der Waals surface area (Å²) in [6.45, 7) is 9.12. The van der Waals surface area contributed by atoms with Crippen LogP contribution in [0.4, 0.5) is 4.79 Å². The summed E-state index contributed by atoms with van der Waals surface area (Å²) >= 11 is 0. The Morgan fingerprint density at radius 1 is 1.00 bits per heavy atom. The van der Waals surface area contributed by atoms with E-state index in [2.05, 4.69) is 10.1 Å².